The molecule has 0 spiro atoms. The molecule has 0 N–H and O–H groups in total. The van der Waals surface area contributed by atoms with Crippen LogP contribution in [0, 0.1) is 33.5 Å². The van der Waals surface area contributed by atoms with Crippen LogP contribution in [0.4, 0.5) is 4.39 Å². The van der Waals surface area contributed by atoms with E-state index >= 15 is 0 Å². The first kappa shape index (κ1) is 21.2. The number of sulfonamides is 1. The number of rotatable bonds is 4. The highest BCUT2D eigenvalue weighted by molar-refractivity contribution is 7.89. The van der Waals surface area contributed by atoms with Crippen LogP contribution < -0.4 is 0 Å². The lowest BCUT2D eigenvalue weighted by molar-refractivity contribution is 0.181. The second-order valence-corrected chi connectivity index (χ2v) is 9.80. The first-order chi connectivity index (χ1) is 13.1. The molecular weight excluding hydrogens is 399 g/mol. The molecule has 0 unspecified atom stereocenters. The standard InChI is InChI=1S/C21H26ClFN2O2S/c1-14-11-15(2)17(4)21(16(14)3)28(26,27)25-9-7-24(8-10-25)13-18-5-6-20(23)19(22)12-18/h5-6,11-12H,7-10,13H2,1-4H3. The Morgan fingerprint density at radius 3 is 2.07 bits per heavy atom. The van der Waals surface area contributed by atoms with Gasteiger partial charge in [-0.05, 0) is 67.6 Å². The van der Waals surface area contributed by atoms with Crippen LogP contribution >= 0.6 is 11.6 Å². The van der Waals surface area contributed by atoms with Gasteiger partial charge in [0.15, 0.2) is 0 Å². The van der Waals surface area contributed by atoms with Crippen molar-refractivity contribution in [2.45, 2.75) is 39.1 Å². The lowest BCUT2D eigenvalue weighted by Crippen LogP contribution is -2.48. The van der Waals surface area contributed by atoms with Crippen molar-refractivity contribution < 1.29 is 12.8 Å². The Morgan fingerprint density at radius 2 is 1.54 bits per heavy atom. The van der Waals surface area contributed by atoms with E-state index in [2.05, 4.69) is 4.90 Å². The SMILES string of the molecule is Cc1cc(C)c(C)c(S(=O)(=O)N2CCN(Cc3ccc(F)c(Cl)c3)CC2)c1C. The molecule has 1 fully saturated rings. The molecule has 0 aliphatic carbocycles. The maximum absolute atomic E-state index is 13.3. The Bertz CT molecular complexity index is 974. The van der Waals surface area contributed by atoms with Gasteiger partial charge in [-0.15, -0.1) is 0 Å². The highest BCUT2D eigenvalue weighted by Crippen LogP contribution is 2.29. The first-order valence-corrected chi connectivity index (χ1v) is 11.2. The van der Waals surface area contributed by atoms with E-state index in [9.17, 15) is 12.8 Å². The number of nitrogens with zero attached hydrogens (tertiary/aromatic N) is 2. The zero-order valence-electron chi connectivity index (χ0n) is 16.7. The number of piperazine rings is 1. The van der Waals surface area contributed by atoms with Crippen LogP contribution in [0.5, 0.6) is 0 Å². The highest BCUT2D eigenvalue weighted by atomic mass is 35.5. The lowest BCUT2D eigenvalue weighted by Gasteiger charge is -2.34. The molecule has 7 heteroatoms. The maximum Gasteiger partial charge on any atom is 0.243 e. The van der Waals surface area contributed by atoms with E-state index in [0.717, 1.165) is 27.8 Å². The molecule has 152 valence electrons. The van der Waals surface area contributed by atoms with Crippen LogP contribution in [0.1, 0.15) is 27.8 Å². The molecule has 0 bridgehead atoms. The van der Waals surface area contributed by atoms with Gasteiger partial charge in [0.25, 0.3) is 0 Å². The molecule has 0 saturated carbocycles. The zero-order chi connectivity index (χ0) is 20.6. The van der Waals surface area contributed by atoms with Crippen molar-refractivity contribution in [1.82, 2.24) is 9.21 Å². The van der Waals surface area contributed by atoms with Crippen LogP contribution in [0.15, 0.2) is 29.2 Å². The predicted molar refractivity (Wildman–Crippen MR) is 111 cm³/mol. The number of benzene rings is 2. The van der Waals surface area contributed by atoms with Crippen LogP contribution in [-0.2, 0) is 16.6 Å². The quantitative estimate of drug-likeness (QED) is 0.737. The van der Waals surface area contributed by atoms with E-state index in [1.165, 1.54) is 6.07 Å². The minimum atomic E-state index is -3.54. The molecule has 1 saturated heterocycles. The summed E-state index contributed by atoms with van der Waals surface area (Å²) < 4.78 is 41.6. The molecule has 1 heterocycles. The minimum Gasteiger partial charge on any atom is -0.296 e. The fourth-order valence-electron chi connectivity index (χ4n) is 3.72. The van der Waals surface area contributed by atoms with E-state index in [0.29, 0.717) is 37.6 Å². The summed E-state index contributed by atoms with van der Waals surface area (Å²) in [5.74, 6) is -0.430. The summed E-state index contributed by atoms with van der Waals surface area (Å²) in [6.07, 6.45) is 0. The Hall–Kier alpha value is -1.47. The van der Waals surface area contributed by atoms with Crippen molar-refractivity contribution in [2.24, 2.45) is 0 Å². The summed E-state index contributed by atoms with van der Waals surface area (Å²) in [5.41, 5.74) is 4.56. The topological polar surface area (TPSA) is 40.6 Å². The van der Waals surface area contributed by atoms with E-state index in [1.807, 2.05) is 33.8 Å². The van der Waals surface area contributed by atoms with Gasteiger partial charge in [-0.2, -0.15) is 4.31 Å². The molecule has 4 nitrogen and oxygen atoms in total. The van der Waals surface area contributed by atoms with Gasteiger partial charge in [-0.3, -0.25) is 4.90 Å². The Morgan fingerprint density at radius 1 is 0.964 bits per heavy atom. The Balaban J connectivity index is 1.75. The van der Waals surface area contributed by atoms with Crippen LogP contribution in [0.3, 0.4) is 0 Å². The Kier molecular flexibility index (Phi) is 6.15. The van der Waals surface area contributed by atoms with Gasteiger partial charge in [-0.25, -0.2) is 12.8 Å². The third kappa shape index (κ3) is 4.10. The van der Waals surface area contributed by atoms with Crippen molar-refractivity contribution in [1.29, 1.82) is 0 Å². The summed E-state index contributed by atoms with van der Waals surface area (Å²) in [5, 5.41) is 0.111. The smallest absolute Gasteiger partial charge is 0.243 e. The highest BCUT2D eigenvalue weighted by Gasteiger charge is 2.31. The molecule has 0 radical (unpaired) electrons. The van der Waals surface area contributed by atoms with Crippen molar-refractivity contribution in [3.8, 4) is 0 Å². The molecule has 28 heavy (non-hydrogen) atoms. The van der Waals surface area contributed by atoms with Gasteiger partial charge in [0.1, 0.15) is 5.82 Å². The van der Waals surface area contributed by atoms with Gasteiger partial charge in [0, 0.05) is 32.7 Å². The lowest BCUT2D eigenvalue weighted by atomic mass is 10.0. The summed E-state index contributed by atoms with van der Waals surface area (Å²) in [7, 11) is -3.54. The first-order valence-electron chi connectivity index (χ1n) is 9.35. The molecule has 2 aromatic carbocycles. The number of hydrogen-bond acceptors (Lipinski definition) is 3. The summed E-state index contributed by atoms with van der Waals surface area (Å²) in [6.45, 7) is 10.4. The molecule has 0 aromatic heterocycles. The summed E-state index contributed by atoms with van der Waals surface area (Å²) in [4.78, 5) is 2.61. The molecule has 0 atom stereocenters. The fourth-order valence-corrected chi connectivity index (χ4v) is 5.92. The third-order valence-corrected chi connectivity index (χ3v) is 8.08. The second kappa shape index (κ2) is 8.11. The monoisotopic (exact) mass is 424 g/mol. The van der Waals surface area contributed by atoms with Crippen molar-refractivity contribution >= 4 is 21.6 Å². The van der Waals surface area contributed by atoms with E-state index in [1.54, 1.807) is 16.4 Å². The third-order valence-electron chi connectivity index (χ3n) is 5.62. The van der Waals surface area contributed by atoms with Gasteiger partial charge in [-0.1, -0.05) is 23.7 Å². The average molecular weight is 425 g/mol. The summed E-state index contributed by atoms with van der Waals surface area (Å²) >= 11 is 5.86. The van der Waals surface area contributed by atoms with E-state index < -0.39 is 15.8 Å². The average Bonchev–Trinajstić information content (AvgIpc) is 2.64. The second-order valence-electron chi connectivity index (χ2n) is 7.52. The number of aryl methyl sites for hydroxylation is 2. The van der Waals surface area contributed by atoms with Crippen LogP contribution in [0.2, 0.25) is 5.02 Å². The van der Waals surface area contributed by atoms with Gasteiger partial charge in [0.05, 0.1) is 9.92 Å². The number of hydrogen-bond donors (Lipinski definition) is 0. The summed E-state index contributed by atoms with van der Waals surface area (Å²) in [6, 6.07) is 6.74. The van der Waals surface area contributed by atoms with Crippen molar-refractivity contribution in [3.63, 3.8) is 0 Å². The molecule has 2 aromatic rings. The van der Waals surface area contributed by atoms with Crippen LogP contribution in [0.25, 0.3) is 0 Å². The van der Waals surface area contributed by atoms with E-state index in [4.69, 9.17) is 11.6 Å². The van der Waals surface area contributed by atoms with Gasteiger partial charge in [0.2, 0.25) is 10.0 Å². The van der Waals surface area contributed by atoms with Gasteiger partial charge >= 0.3 is 0 Å². The molecule has 0 amide bonds. The van der Waals surface area contributed by atoms with Crippen LogP contribution in [-0.4, -0.2) is 43.8 Å². The number of halogens is 2. The molecule has 3 rings (SSSR count). The molecular formula is C21H26ClFN2O2S. The fraction of sp³-hybridized carbons (Fsp3) is 0.429. The van der Waals surface area contributed by atoms with Crippen molar-refractivity contribution in [3.05, 3.63) is 62.9 Å². The largest absolute Gasteiger partial charge is 0.296 e. The van der Waals surface area contributed by atoms with E-state index in [-0.39, 0.29) is 5.02 Å². The minimum absolute atomic E-state index is 0.111. The predicted octanol–water partition coefficient (Wildman–Crippen LogP) is 4.22. The van der Waals surface area contributed by atoms with Gasteiger partial charge < -0.3 is 0 Å². The zero-order valence-corrected chi connectivity index (χ0v) is 18.3. The Labute approximate surface area is 172 Å². The molecule has 1 aliphatic heterocycles. The normalized spacial score (nSPS) is 16.5. The van der Waals surface area contributed by atoms with Crippen molar-refractivity contribution in [2.75, 3.05) is 26.2 Å². The maximum atomic E-state index is 13.3. The molecule has 1 aliphatic rings.